The number of aliphatic hydroxyl groups is 1. The summed E-state index contributed by atoms with van der Waals surface area (Å²) in [5.74, 6) is 0.522. The Hall–Kier alpha value is -1.94. The molecule has 1 amide bonds. The smallest absolute Gasteiger partial charge is 0.290 e. The SMILES string of the molecule is CC=[N+](/C=C\C(C)CC)CC(=O)Nc1c(C)cccc1C.CCCC.CO. The number of allylic oxidation sites excluding steroid dienone is 1. The second-order valence-corrected chi connectivity index (χ2v) is 6.47. The number of hydrogen-bond donors (Lipinski definition) is 2. The van der Waals surface area contributed by atoms with Crippen LogP contribution in [0.5, 0.6) is 0 Å². The van der Waals surface area contributed by atoms with Crippen LogP contribution in [0.1, 0.15) is 65.0 Å². The Labute approximate surface area is 167 Å². The summed E-state index contributed by atoms with van der Waals surface area (Å²) in [6.45, 7) is 15.0. The van der Waals surface area contributed by atoms with E-state index >= 15 is 0 Å². The lowest BCUT2D eigenvalue weighted by Gasteiger charge is -2.10. The Bertz CT molecular complexity index is 555. The summed E-state index contributed by atoms with van der Waals surface area (Å²) in [7, 11) is 1.00. The number of hydrogen-bond acceptors (Lipinski definition) is 2. The molecule has 4 nitrogen and oxygen atoms in total. The molecule has 0 aliphatic heterocycles. The number of rotatable bonds is 7. The lowest BCUT2D eigenvalue weighted by molar-refractivity contribution is -0.439. The molecule has 27 heavy (non-hydrogen) atoms. The van der Waals surface area contributed by atoms with Crippen molar-refractivity contribution in [3.8, 4) is 0 Å². The third-order valence-corrected chi connectivity index (χ3v) is 4.15. The number of nitrogens with zero attached hydrogens (tertiary/aromatic N) is 1. The quantitative estimate of drug-likeness (QED) is 0.499. The predicted octanol–water partition coefficient (Wildman–Crippen LogP) is 5.32. The first kappa shape index (κ1) is 27.3. The van der Waals surface area contributed by atoms with Gasteiger partial charge in [0, 0.05) is 19.7 Å². The molecule has 0 heterocycles. The topological polar surface area (TPSA) is 52.3 Å². The van der Waals surface area contributed by atoms with E-state index in [9.17, 15) is 4.79 Å². The zero-order valence-electron chi connectivity index (χ0n) is 18.7. The van der Waals surface area contributed by atoms with Crippen LogP contribution in [0, 0.1) is 19.8 Å². The highest BCUT2D eigenvalue weighted by Gasteiger charge is 2.12. The number of carbonyl (C=O) groups excluding carboxylic acids is 1. The molecular formula is C23H41N2O2+. The number of para-hydroxylation sites is 1. The molecule has 0 spiro atoms. The van der Waals surface area contributed by atoms with Crippen molar-refractivity contribution in [2.24, 2.45) is 5.92 Å². The number of aliphatic hydroxyl groups excluding tert-OH is 1. The number of aryl methyl sites for hydroxylation is 2. The van der Waals surface area contributed by atoms with E-state index in [1.807, 2.05) is 56.0 Å². The third kappa shape index (κ3) is 13.0. The van der Waals surface area contributed by atoms with Gasteiger partial charge in [-0.1, -0.05) is 58.7 Å². The summed E-state index contributed by atoms with van der Waals surface area (Å²) in [6.07, 6.45) is 9.77. The number of amides is 1. The predicted molar refractivity (Wildman–Crippen MR) is 119 cm³/mol. The number of nitrogens with one attached hydrogen (secondary N) is 1. The average molecular weight is 378 g/mol. The van der Waals surface area contributed by atoms with Gasteiger partial charge in [-0.25, -0.2) is 4.58 Å². The second kappa shape index (κ2) is 17.5. The summed E-state index contributed by atoms with van der Waals surface area (Å²) >= 11 is 0. The minimum Gasteiger partial charge on any atom is -0.400 e. The van der Waals surface area contributed by atoms with Crippen molar-refractivity contribution in [1.29, 1.82) is 0 Å². The Morgan fingerprint density at radius 2 is 1.67 bits per heavy atom. The normalized spacial score (nSPS) is 11.8. The molecule has 2 N–H and O–H groups in total. The molecule has 154 valence electrons. The van der Waals surface area contributed by atoms with E-state index < -0.39 is 0 Å². The van der Waals surface area contributed by atoms with Gasteiger partial charge in [-0.05, 0) is 43.4 Å². The first-order valence-electron chi connectivity index (χ1n) is 9.93. The molecular weight excluding hydrogens is 336 g/mol. The summed E-state index contributed by atoms with van der Waals surface area (Å²) in [5, 5.41) is 10.0. The van der Waals surface area contributed by atoms with Crippen LogP contribution in [0.15, 0.2) is 30.5 Å². The minimum atomic E-state index is -0.000647. The van der Waals surface area contributed by atoms with Crippen LogP contribution in [0.3, 0.4) is 0 Å². The highest BCUT2D eigenvalue weighted by Crippen LogP contribution is 2.19. The molecule has 0 aliphatic rings. The summed E-state index contributed by atoms with van der Waals surface area (Å²) in [5.41, 5.74) is 3.10. The van der Waals surface area contributed by atoms with Crippen LogP contribution in [-0.2, 0) is 4.79 Å². The maximum atomic E-state index is 12.2. The Morgan fingerprint density at radius 1 is 1.15 bits per heavy atom. The lowest BCUT2D eigenvalue weighted by Crippen LogP contribution is -2.24. The van der Waals surface area contributed by atoms with E-state index in [-0.39, 0.29) is 5.91 Å². The number of carbonyl (C=O) groups is 1. The minimum absolute atomic E-state index is 0.000647. The van der Waals surface area contributed by atoms with Crippen LogP contribution in [0.2, 0.25) is 0 Å². The molecule has 1 rings (SSSR count). The van der Waals surface area contributed by atoms with Crippen molar-refractivity contribution in [2.45, 2.75) is 67.7 Å². The van der Waals surface area contributed by atoms with Gasteiger partial charge in [-0.2, -0.15) is 0 Å². The first-order chi connectivity index (χ1) is 12.9. The van der Waals surface area contributed by atoms with Crippen LogP contribution in [0.25, 0.3) is 0 Å². The van der Waals surface area contributed by atoms with E-state index in [4.69, 9.17) is 5.11 Å². The van der Waals surface area contributed by atoms with Gasteiger partial charge in [0.05, 0.1) is 0 Å². The maximum Gasteiger partial charge on any atom is 0.290 e. The molecule has 1 unspecified atom stereocenters. The van der Waals surface area contributed by atoms with E-state index in [2.05, 4.69) is 39.1 Å². The molecule has 0 aliphatic carbocycles. The number of unbranched alkanes of at least 4 members (excludes halogenated alkanes) is 1. The number of anilines is 1. The van der Waals surface area contributed by atoms with Crippen LogP contribution in [-0.4, -0.2) is 35.5 Å². The second-order valence-electron chi connectivity index (χ2n) is 6.47. The van der Waals surface area contributed by atoms with Crippen molar-refractivity contribution >= 4 is 17.8 Å². The van der Waals surface area contributed by atoms with E-state index in [0.29, 0.717) is 12.5 Å². The lowest BCUT2D eigenvalue weighted by atomic mass is 10.1. The van der Waals surface area contributed by atoms with Crippen molar-refractivity contribution < 1.29 is 14.5 Å². The van der Waals surface area contributed by atoms with E-state index in [1.165, 1.54) is 12.8 Å². The fourth-order valence-electron chi connectivity index (χ4n) is 1.98. The maximum absolute atomic E-state index is 12.2. The molecule has 0 saturated carbocycles. The van der Waals surface area contributed by atoms with Gasteiger partial charge in [-0.15, -0.1) is 0 Å². The summed E-state index contributed by atoms with van der Waals surface area (Å²) < 4.78 is 1.91. The average Bonchev–Trinajstić information content (AvgIpc) is 2.69. The Morgan fingerprint density at radius 3 is 2.07 bits per heavy atom. The highest BCUT2D eigenvalue weighted by molar-refractivity contribution is 5.93. The van der Waals surface area contributed by atoms with Crippen LogP contribution < -0.4 is 5.32 Å². The fraction of sp³-hybridized carbons (Fsp3) is 0.565. The molecule has 0 fully saturated rings. The van der Waals surface area contributed by atoms with Gasteiger partial charge < -0.3 is 10.4 Å². The summed E-state index contributed by atoms with van der Waals surface area (Å²) in [6, 6.07) is 6.02. The highest BCUT2D eigenvalue weighted by atomic mass is 16.2. The fourth-order valence-corrected chi connectivity index (χ4v) is 1.98. The van der Waals surface area contributed by atoms with Gasteiger partial charge in [0.1, 0.15) is 6.21 Å². The van der Waals surface area contributed by atoms with Crippen molar-refractivity contribution in [1.82, 2.24) is 0 Å². The molecule has 0 aromatic heterocycles. The molecule has 1 atom stereocenters. The van der Waals surface area contributed by atoms with Crippen molar-refractivity contribution in [3.05, 3.63) is 41.6 Å². The number of benzene rings is 1. The largest absolute Gasteiger partial charge is 0.400 e. The van der Waals surface area contributed by atoms with Crippen LogP contribution >= 0.6 is 0 Å². The van der Waals surface area contributed by atoms with Gasteiger partial charge in [0.25, 0.3) is 5.91 Å². The molecule has 0 bridgehead atoms. The van der Waals surface area contributed by atoms with Gasteiger partial charge >= 0.3 is 0 Å². The first-order valence-corrected chi connectivity index (χ1v) is 9.93. The molecule has 1 aromatic rings. The molecule has 4 heteroatoms. The standard InChI is InChI=1S/C18H26N2O.C4H10.CH4O/c1-6-14(3)11-12-20(7-2)13-17(21)19-18-15(4)9-8-10-16(18)5;1-3-4-2;1-2/h7-12,14H,6,13H2,1-5H3;3-4H2,1-2H3;2H,1H3/p+1/b12-11-,20-7?;;. The van der Waals surface area contributed by atoms with E-state index in [1.54, 1.807) is 0 Å². The van der Waals surface area contributed by atoms with Gasteiger partial charge in [0.2, 0.25) is 6.54 Å². The van der Waals surface area contributed by atoms with Crippen molar-refractivity contribution in [2.75, 3.05) is 19.0 Å². The van der Waals surface area contributed by atoms with E-state index in [0.717, 1.165) is 30.3 Å². The van der Waals surface area contributed by atoms with Crippen molar-refractivity contribution in [3.63, 3.8) is 0 Å². The summed E-state index contributed by atoms with van der Waals surface area (Å²) in [4.78, 5) is 12.2. The molecule has 1 aromatic carbocycles. The monoisotopic (exact) mass is 377 g/mol. The Kier molecular flexibility index (Phi) is 17.7. The van der Waals surface area contributed by atoms with Gasteiger partial charge in [0.15, 0.2) is 6.20 Å². The zero-order valence-corrected chi connectivity index (χ0v) is 18.7. The zero-order chi connectivity index (χ0) is 21.2. The molecule has 0 saturated heterocycles. The van der Waals surface area contributed by atoms with Gasteiger partial charge in [-0.3, -0.25) is 4.79 Å². The Balaban J connectivity index is 0. The van der Waals surface area contributed by atoms with Crippen LogP contribution in [0.4, 0.5) is 5.69 Å². The molecule has 0 radical (unpaired) electrons. The third-order valence-electron chi connectivity index (χ3n) is 4.15.